The van der Waals surface area contributed by atoms with Crippen LogP contribution in [0, 0.1) is 0 Å². The van der Waals surface area contributed by atoms with Crippen molar-refractivity contribution in [3.05, 3.63) is 84.5 Å². The van der Waals surface area contributed by atoms with Crippen molar-refractivity contribution in [3.8, 4) is 5.75 Å². The predicted octanol–water partition coefficient (Wildman–Crippen LogP) is 5.19. The summed E-state index contributed by atoms with van der Waals surface area (Å²) in [7, 11) is 0. The first-order valence-electron chi connectivity index (χ1n) is 6.50. The van der Waals surface area contributed by atoms with E-state index in [-0.39, 0.29) is 0 Å². The molecule has 20 heavy (non-hydrogen) atoms. The van der Waals surface area contributed by atoms with E-state index in [1.165, 1.54) is 0 Å². The summed E-state index contributed by atoms with van der Waals surface area (Å²) < 4.78 is 5.82. The minimum atomic E-state index is 0.510. The zero-order chi connectivity index (χ0) is 14.4. The van der Waals surface area contributed by atoms with Crippen LogP contribution in [0.5, 0.6) is 5.75 Å². The number of ether oxygens (including phenoxy) is 1. The maximum atomic E-state index is 5.82. The van der Waals surface area contributed by atoms with Crippen molar-refractivity contribution >= 4 is 18.2 Å². The molecule has 0 N–H and O–H groups in total. The molecule has 0 amide bonds. The van der Waals surface area contributed by atoms with E-state index in [9.17, 15) is 0 Å². The Morgan fingerprint density at radius 1 is 0.850 bits per heavy atom. The summed E-state index contributed by atoms with van der Waals surface area (Å²) in [6.45, 7) is 11.9. The lowest BCUT2D eigenvalue weighted by molar-refractivity contribution is 0.306. The quantitative estimate of drug-likeness (QED) is 0.695. The van der Waals surface area contributed by atoms with E-state index in [1.807, 2.05) is 60.7 Å². The summed E-state index contributed by atoms with van der Waals surface area (Å²) in [5, 5.41) is 0. The van der Waals surface area contributed by atoms with Gasteiger partial charge < -0.3 is 4.74 Å². The van der Waals surface area contributed by atoms with Gasteiger partial charge in [0.2, 0.25) is 0 Å². The van der Waals surface area contributed by atoms with Crippen molar-refractivity contribution in [3.63, 3.8) is 0 Å². The van der Waals surface area contributed by atoms with Crippen LogP contribution >= 0.6 is 0 Å². The summed E-state index contributed by atoms with van der Waals surface area (Å²) in [4.78, 5) is 0. The van der Waals surface area contributed by atoms with Crippen LogP contribution in [0.25, 0.3) is 18.2 Å². The molecule has 0 aliphatic rings. The molecule has 1 nitrogen and oxygen atoms in total. The minimum Gasteiger partial charge on any atom is -0.489 e. The molecule has 100 valence electrons. The summed E-state index contributed by atoms with van der Waals surface area (Å²) in [5.41, 5.74) is 4.33. The Balaban J connectivity index is 2.15. The van der Waals surface area contributed by atoms with Gasteiger partial charge in [-0.1, -0.05) is 68.3 Å². The predicted molar refractivity (Wildman–Crippen MR) is 87.5 cm³/mol. The van der Waals surface area contributed by atoms with Gasteiger partial charge in [0.05, 0.1) is 0 Å². The molecule has 0 radical (unpaired) electrons. The van der Waals surface area contributed by atoms with Crippen LogP contribution in [0.1, 0.15) is 22.3 Å². The Morgan fingerprint density at radius 2 is 1.60 bits per heavy atom. The Bertz CT molecular complexity index is 621. The zero-order valence-corrected chi connectivity index (χ0v) is 11.5. The number of rotatable bonds is 6. The molecule has 0 saturated heterocycles. The highest BCUT2D eigenvalue weighted by Gasteiger charge is 2.04. The average molecular weight is 262 g/mol. The highest BCUT2D eigenvalue weighted by atomic mass is 16.5. The van der Waals surface area contributed by atoms with Crippen molar-refractivity contribution < 1.29 is 4.74 Å². The van der Waals surface area contributed by atoms with Crippen LogP contribution in [0.4, 0.5) is 0 Å². The van der Waals surface area contributed by atoms with Gasteiger partial charge in [0.15, 0.2) is 0 Å². The van der Waals surface area contributed by atoms with Crippen molar-refractivity contribution in [2.24, 2.45) is 0 Å². The van der Waals surface area contributed by atoms with E-state index >= 15 is 0 Å². The molecule has 0 bridgehead atoms. The van der Waals surface area contributed by atoms with Gasteiger partial charge in [-0.2, -0.15) is 0 Å². The van der Waals surface area contributed by atoms with E-state index in [0.29, 0.717) is 6.61 Å². The second kappa shape index (κ2) is 6.58. The van der Waals surface area contributed by atoms with Crippen LogP contribution in [-0.2, 0) is 6.61 Å². The lowest BCUT2D eigenvalue weighted by Crippen LogP contribution is -1.99. The highest BCUT2D eigenvalue weighted by molar-refractivity contribution is 5.66. The van der Waals surface area contributed by atoms with E-state index < -0.39 is 0 Å². The topological polar surface area (TPSA) is 9.23 Å². The smallest absolute Gasteiger partial charge is 0.119 e. The maximum absolute atomic E-state index is 5.82. The Morgan fingerprint density at radius 3 is 2.20 bits per heavy atom. The fourth-order valence-electron chi connectivity index (χ4n) is 2.05. The average Bonchev–Trinajstić information content (AvgIpc) is 2.52. The monoisotopic (exact) mass is 262 g/mol. The summed E-state index contributed by atoms with van der Waals surface area (Å²) in [6.07, 6.45) is 5.49. The fraction of sp³-hybridized carbons (Fsp3) is 0.0526. The molecule has 1 heteroatoms. The van der Waals surface area contributed by atoms with Gasteiger partial charge in [-0.3, -0.25) is 0 Å². The van der Waals surface area contributed by atoms with Crippen molar-refractivity contribution in [2.75, 3.05) is 0 Å². The number of benzene rings is 2. The number of hydrogen-bond donors (Lipinski definition) is 0. The third kappa shape index (κ3) is 3.07. The molecule has 0 atom stereocenters. The molecule has 0 heterocycles. The molecule has 0 aliphatic carbocycles. The van der Waals surface area contributed by atoms with Gasteiger partial charge in [-0.05, 0) is 34.4 Å². The molecule has 0 unspecified atom stereocenters. The molecule has 2 aromatic rings. The van der Waals surface area contributed by atoms with Gasteiger partial charge in [-0.15, -0.1) is 0 Å². The van der Waals surface area contributed by atoms with Crippen LogP contribution in [-0.4, -0.2) is 0 Å². The van der Waals surface area contributed by atoms with Crippen LogP contribution in [0.2, 0.25) is 0 Å². The molecule has 2 rings (SSSR count). The van der Waals surface area contributed by atoms with Crippen LogP contribution < -0.4 is 4.74 Å². The molecule has 0 saturated carbocycles. The van der Waals surface area contributed by atoms with Crippen molar-refractivity contribution in [1.82, 2.24) is 0 Å². The molecule has 2 aromatic carbocycles. The van der Waals surface area contributed by atoms with Crippen molar-refractivity contribution in [2.45, 2.75) is 6.61 Å². The fourth-order valence-corrected chi connectivity index (χ4v) is 2.05. The second-order valence-corrected chi connectivity index (χ2v) is 4.39. The third-order valence-electron chi connectivity index (χ3n) is 3.16. The van der Waals surface area contributed by atoms with Gasteiger partial charge >= 0.3 is 0 Å². The van der Waals surface area contributed by atoms with Gasteiger partial charge in [0.1, 0.15) is 12.4 Å². The van der Waals surface area contributed by atoms with E-state index in [2.05, 4.69) is 19.7 Å². The first kappa shape index (κ1) is 13.9. The summed E-state index contributed by atoms with van der Waals surface area (Å²) in [5.74, 6) is 0.842. The molecular weight excluding hydrogens is 244 g/mol. The SMILES string of the molecule is C=Cc1ccc(OCc2cccc(C=C)c2C=C)cc1. The normalized spacial score (nSPS) is 9.80. The van der Waals surface area contributed by atoms with Gasteiger partial charge in [0.25, 0.3) is 0 Å². The van der Waals surface area contributed by atoms with E-state index in [4.69, 9.17) is 4.74 Å². The number of hydrogen-bond acceptors (Lipinski definition) is 1. The molecule has 0 fully saturated rings. The van der Waals surface area contributed by atoms with Crippen molar-refractivity contribution in [1.29, 1.82) is 0 Å². The maximum Gasteiger partial charge on any atom is 0.119 e. The first-order valence-corrected chi connectivity index (χ1v) is 6.50. The lowest BCUT2D eigenvalue weighted by atomic mass is 10.0. The Kier molecular flexibility index (Phi) is 4.56. The summed E-state index contributed by atoms with van der Waals surface area (Å²) >= 11 is 0. The van der Waals surface area contributed by atoms with Gasteiger partial charge in [-0.25, -0.2) is 0 Å². The second-order valence-electron chi connectivity index (χ2n) is 4.39. The zero-order valence-electron chi connectivity index (χ0n) is 11.5. The van der Waals surface area contributed by atoms with Crippen LogP contribution in [0.15, 0.2) is 62.2 Å². The molecule has 0 spiro atoms. The van der Waals surface area contributed by atoms with Gasteiger partial charge in [0, 0.05) is 0 Å². The largest absolute Gasteiger partial charge is 0.489 e. The third-order valence-corrected chi connectivity index (χ3v) is 3.16. The van der Waals surface area contributed by atoms with E-state index in [0.717, 1.165) is 28.0 Å². The van der Waals surface area contributed by atoms with Crippen LogP contribution in [0.3, 0.4) is 0 Å². The lowest BCUT2D eigenvalue weighted by Gasteiger charge is -2.11. The first-order chi connectivity index (χ1) is 9.78. The highest BCUT2D eigenvalue weighted by Crippen LogP contribution is 2.20. The molecule has 0 aromatic heterocycles. The molecular formula is C19H18O. The Labute approximate surface area is 120 Å². The molecule has 0 aliphatic heterocycles. The Hall–Kier alpha value is -2.54. The van der Waals surface area contributed by atoms with E-state index in [1.54, 1.807) is 0 Å². The standard InChI is InChI=1S/C19H18O/c1-4-15-10-12-18(13-11-15)20-14-17-9-7-8-16(5-2)19(17)6-3/h4-13H,1-3,14H2. The summed E-state index contributed by atoms with van der Waals surface area (Å²) in [6, 6.07) is 13.9. The minimum absolute atomic E-state index is 0.510.